The number of halogens is 2. The van der Waals surface area contributed by atoms with Crippen LogP contribution in [0.1, 0.15) is 25.0 Å². The van der Waals surface area contributed by atoms with Gasteiger partial charge in [0.15, 0.2) is 0 Å². The molecule has 3 aromatic carbocycles. The van der Waals surface area contributed by atoms with Crippen LogP contribution in [0.4, 0.5) is 4.39 Å². The largest absolute Gasteiger partial charge is 0.478 e. The Morgan fingerprint density at radius 2 is 1.77 bits per heavy atom. The molecule has 10 heteroatoms. The average Bonchev–Trinajstić information content (AvgIpc) is 2.88. The molecule has 39 heavy (non-hydrogen) atoms. The number of carboxylic acids is 1. The van der Waals surface area contributed by atoms with Crippen molar-refractivity contribution >= 4 is 33.7 Å². The standard InChI is InChI=1S/C29H32ClFN2O5S/c1-29(2,17-21-10-12-26(30)27(31)15-21)32-18-24(34)19-33(3)39(37,38)25-9-5-8-23(16-25)22-7-4-6-20(14-22)11-13-28(35)36/h4-16,24,32,34H,17-19H2,1-3H3,(H,35,36)/t24-/m1/s1. The van der Waals surface area contributed by atoms with Crippen LogP contribution in [-0.2, 0) is 21.2 Å². The Morgan fingerprint density at radius 3 is 2.44 bits per heavy atom. The Hall–Kier alpha value is -3.08. The molecule has 0 fully saturated rings. The van der Waals surface area contributed by atoms with Crippen molar-refractivity contribution in [1.29, 1.82) is 0 Å². The lowest BCUT2D eigenvalue weighted by molar-refractivity contribution is -0.131. The van der Waals surface area contributed by atoms with Crippen molar-refractivity contribution < 1.29 is 27.8 Å². The Morgan fingerprint density at radius 1 is 1.10 bits per heavy atom. The zero-order valence-corrected chi connectivity index (χ0v) is 23.5. The highest BCUT2D eigenvalue weighted by Crippen LogP contribution is 2.25. The van der Waals surface area contributed by atoms with Crippen molar-refractivity contribution in [3.8, 4) is 11.1 Å². The minimum Gasteiger partial charge on any atom is -0.478 e. The van der Waals surface area contributed by atoms with Crippen LogP contribution >= 0.6 is 11.6 Å². The molecule has 7 nitrogen and oxygen atoms in total. The van der Waals surface area contributed by atoms with Crippen molar-refractivity contribution in [2.75, 3.05) is 20.1 Å². The van der Waals surface area contributed by atoms with Gasteiger partial charge in [-0.15, -0.1) is 0 Å². The minimum absolute atomic E-state index is 0.0520. The van der Waals surface area contributed by atoms with Crippen LogP contribution in [0.15, 0.2) is 77.7 Å². The van der Waals surface area contributed by atoms with E-state index in [2.05, 4.69) is 5.32 Å². The number of nitrogens with zero attached hydrogens (tertiary/aromatic N) is 1. The first-order valence-corrected chi connectivity index (χ1v) is 14.0. The van der Waals surface area contributed by atoms with Crippen LogP contribution in [0.25, 0.3) is 17.2 Å². The predicted octanol–water partition coefficient (Wildman–Crippen LogP) is 4.84. The molecule has 208 valence electrons. The van der Waals surface area contributed by atoms with Gasteiger partial charge in [0.05, 0.1) is 16.0 Å². The summed E-state index contributed by atoms with van der Waals surface area (Å²) in [6.07, 6.45) is 1.98. The van der Waals surface area contributed by atoms with Gasteiger partial charge in [0.25, 0.3) is 0 Å². The van der Waals surface area contributed by atoms with E-state index in [1.165, 1.54) is 31.3 Å². The van der Waals surface area contributed by atoms with E-state index in [9.17, 15) is 22.7 Å². The third-order valence-electron chi connectivity index (χ3n) is 6.09. The maximum Gasteiger partial charge on any atom is 0.328 e. The quantitative estimate of drug-likeness (QED) is 0.267. The number of aliphatic hydroxyl groups excluding tert-OH is 1. The van der Waals surface area contributed by atoms with Gasteiger partial charge in [-0.05, 0) is 78.9 Å². The maximum absolute atomic E-state index is 13.8. The Balaban J connectivity index is 1.65. The van der Waals surface area contributed by atoms with E-state index in [0.717, 1.165) is 21.5 Å². The molecule has 0 bridgehead atoms. The Labute approximate surface area is 233 Å². The molecule has 0 aliphatic rings. The summed E-state index contributed by atoms with van der Waals surface area (Å²) in [5.41, 5.74) is 2.29. The third kappa shape index (κ3) is 8.71. The van der Waals surface area contributed by atoms with Gasteiger partial charge in [0.2, 0.25) is 10.0 Å². The fourth-order valence-corrected chi connectivity index (χ4v) is 5.45. The summed E-state index contributed by atoms with van der Waals surface area (Å²) in [5.74, 6) is -1.56. The van der Waals surface area contributed by atoms with Gasteiger partial charge >= 0.3 is 5.97 Å². The molecule has 0 aromatic heterocycles. The zero-order valence-electron chi connectivity index (χ0n) is 21.9. The molecule has 3 aromatic rings. The normalized spacial score (nSPS) is 13.2. The molecule has 0 radical (unpaired) electrons. The summed E-state index contributed by atoms with van der Waals surface area (Å²) < 4.78 is 41.4. The second kappa shape index (κ2) is 12.8. The lowest BCUT2D eigenvalue weighted by atomic mass is 9.94. The minimum atomic E-state index is -3.91. The van der Waals surface area contributed by atoms with Crippen molar-refractivity contribution in [3.63, 3.8) is 0 Å². The maximum atomic E-state index is 13.8. The number of hydrogen-bond donors (Lipinski definition) is 3. The summed E-state index contributed by atoms with van der Waals surface area (Å²) in [5, 5.41) is 22.7. The molecule has 0 unspecified atom stereocenters. The summed E-state index contributed by atoms with van der Waals surface area (Å²) in [6, 6.07) is 18.1. The molecule has 0 saturated carbocycles. The predicted molar refractivity (Wildman–Crippen MR) is 152 cm³/mol. The highest BCUT2D eigenvalue weighted by Gasteiger charge is 2.25. The molecule has 0 aliphatic heterocycles. The fraction of sp³-hybridized carbons (Fsp3) is 0.276. The van der Waals surface area contributed by atoms with Gasteiger partial charge in [-0.1, -0.05) is 48.0 Å². The smallest absolute Gasteiger partial charge is 0.328 e. The third-order valence-corrected chi connectivity index (χ3v) is 8.22. The van der Waals surface area contributed by atoms with Crippen LogP contribution in [0, 0.1) is 5.82 Å². The fourth-order valence-electron chi connectivity index (χ4n) is 4.08. The lowest BCUT2D eigenvalue weighted by Crippen LogP contribution is -2.47. The number of carboxylic acid groups (broad SMARTS) is 1. The van der Waals surface area contributed by atoms with E-state index >= 15 is 0 Å². The first-order chi connectivity index (χ1) is 18.3. The van der Waals surface area contributed by atoms with Gasteiger partial charge in [-0.3, -0.25) is 0 Å². The molecule has 0 amide bonds. The molecule has 0 spiro atoms. The van der Waals surface area contributed by atoms with Crippen LogP contribution in [0.2, 0.25) is 5.02 Å². The molecule has 0 aliphatic carbocycles. The molecule has 0 saturated heterocycles. The van der Waals surface area contributed by atoms with Crippen LogP contribution < -0.4 is 5.32 Å². The molecule has 3 N–H and O–H groups in total. The van der Waals surface area contributed by atoms with Gasteiger partial charge in [-0.25, -0.2) is 17.6 Å². The number of nitrogens with one attached hydrogen (secondary N) is 1. The monoisotopic (exact) mass is 574 g/mol. The number of rotatable bonds is 12. The second-order valence-electron chi connectivity index (χ2n) is 9.95. The van der Waals surface area contributed by atoms with E-state index < -0.39 is 33.5 Å². The van der Waals surface area contributed by atoms with Crippen LogP contribution in [-0.4, -0.2) is 60.7 Å². The van der Waals surface area contributed by atoms with E-state index in [1.807, 2.05) is 19.9 Å². The summed E-state index contributed by atoms with van der Waals surface area (Å²) in [6.45, 7) is 3.80. The van der Waals surface area contributed by atoms with Crippen molar-refractivity contribution in [2.45, 2.75) is 36.8 Å². The van der Waals surface area contributed by atoms with Crippen molar-refractivity contribution in [1.82, 2.24) is 9.62 Å². The number of likely N-dealkylation sites (N-methyl/N-ethyl adjacent to an activating group) is 1. The number of aliphatic carboxylic acids is 1. The zero-order chi connectivity index (χ0) is 28.8. The molecule has 1 atom stereocenters. The molecular weight excluding hydrogens is 543 g/mol. The van der Waals surface area contributed by atoms with Gasteiger partial charge in [-0.2, -0.15) is 4.31 Å². The average molecular weight is 575 g/mol. The molecule has 0 heterocycles. The highest BCUT2D eigenvalue weighted by molar-refractivity contribution is 7.89. The topological polar surface area (TPSA) is 107 Å². The number of sulfonamides is 1. The lowest BCUT2D eigenvalue weighted by Gasteiger charge is -2.29. The van der Waals surface area contributed by atoms with E-state index in [-0.39, 0.29) is 23.0 Å². The number of carbonyl (C=O) groups is 1. The van der Waals surface area contributed by atoms with Gasteiger partial charge in [0, 0.05) is 31.8 Å². The number of benzene rings is 3. The highest BCUT2D eigenvalue weighted by atomic mass is 35.5. The summed E-state index contributed by atoms with van der Waals surface area (Å²) >= 11 is 5.75. The second-order valence-corrected chi connectivity index (χ2v) is 12.4. The van der Waals surface area contributed by atoms with Crippen LogP contribution in [0.5, 0.6) is 0 Å². The Bertz CT molecular complexity index is 1460. The van der Waals surface area contributed by atoms with Crippen molar-refractivity contribution in [2.24, 2.45) is 0 Å². The van der Waals surface area contributed by atoms with Crippen LogP contribution in [0.3, 0.4) is 0 Å². The first-order valence-electron chi connectivity index (χ1n) is 12.2. The molecular formula is C29H32ClFN2O5S. The van der Waals surface area contributed by atoms with E-state index in [0.29, 0.717) is 17.5 Å². The summed E-state index contributed by atoms with van der Waals surface area (Å²) in [4.78, 5) is 10.9. The van der Waals surface area contributed by atoms with Gasteiger partial charge in [0.1, 0.15) is 5.82 Å². The van der Waals surface area contributed by atoms with E-state index in [1.54, 1.807) is 42.5 Å². The first kappa shape index (κ1) is 30.5. The Kier molecular flexibility index (Phi) is 10.0. The van der Waals surface area contributed by atoms with Gasteiger partial charge < -0.3 is 15.5 Å². The van der Waals surface area contributed by atoms with E-state index in [4.69, 9.17) is 16.7 Å². The van der Waals surface area contributed by atoms with Crippen molar-refractivity contribution in [3.05, 3.63) is 94.8 Å². The number of β-amino-alcohol motifs (C(OH)–C–C–N with tert-alkyl or cyclic N) is 1. The SMILES string of the molecule is CN(C[C@H](O)CNC(C)(C)Cc1ccc(Cl)c(F)c1)S(=O)(=O)c1cccc(-c2cccc(C=CC(=O)O)c2)c1. The number of hydrogen-bond acceptors (Lipinski definition) is 5. The number of aliphatic hydroxyl groups is 1. The summed E-state index contributed by atoms with van der Waals surface area (Å²) in [7, 11) is -2.50. The molecule has 3 rings (SSSR count).